The molecule has 1 saturated carbocycles. The minimum absolute atomic E-state index is 0.146. The zero-order chi connectivity index (χ0) is 21.4. The van der Waals surface area contributed by atoms with Crippen molar-refractivity contribution in [3.63, 3.8) is 0 Å². The molecule has 5 rings (SSSR count). The van der Waals surface area contributed by atoms with E-state index in [1.54, 1.807) is 18.2 Å². The number of piperazine rings is 1. The molecule has 2 aromatic rings. The summed E-state index contributed by atoms with van der Waals surface area (Å²) in [6.45, 7) is 5.11. The van der Waals surface area contributed by atoms with Crippen LogP contribution in [0.15, 0.2) is 36.4 Å². The van der Waals surface area contributed by atoms with Crippen LogP contribution in [0.25, 0.3) is 0 Å². The van der Waals surface area contributed by atoms with Crippen molar-refractivity contribution >= 4 is 28.9 Å². The predicted octanol–water partition coefficient (Wildman–Crippen LogP) is 4.52. The monoisotopic (exact) mass is 443 g/mol. The highest BCUT2D eigenvalue weighted by molar-refractivity contribution is 6.31. The Hall–Kier alpha value is -2.31. The number of fused-ring (bicyclic) bond motifs is 3. The Morgan fingerprint density at radius 3 is 2.77 bits per heavy atom. The van der Waals surface area contributed by atoms with Crippen molar-refractivity contribution < 1.29 is 13.9 Å². The van der Waals surface area contributed by atoms with Crippen LogP contribution >= 0.6 is 11.6 Å². The van der Waals surface area contributed by atoms with Crippen LogP contribution in [0, 0.1) is 11.7 Å². The fourth-order valence-corrected chi connectivity index (χ4v) is 4.86. The van der Waals surface area contributed by atoms with Gasteiger partial charge in [0, 0.05) is 43.9 Å². The molecule has 2 fully saturated rings. The lowest BCUT2D eigenvalue weighted by Gasteiger charge is -2.36. The van der Waals surface area contributed by atoms with Gasteiger partial charge in [-0.05, 0) is 55.5 Å². The molecule has 2 atom stereocenters. The van der Waals surface area contributed by atoms with Gasteiger partial charge in [-0.25, -0.2) is 4.39 Å². The van der Waals surface area contributed by atoms with Crippen molar-refractivity contribution in [3.05, 3.63) is 52.8 Å². The first-order valence-corrected chi connectivity index (χ1v) is 11.5. The molecule has 0 radical (unpaired) electrons. The Morgan fingerprint density at radius 2 is 1.94 bits per heavy atom. The second-order valence-corrected chi connectivity index (χ2v) is 9.05. The molecule has 164 valence electrons. The van der Waals surface area contributed by atoms with Crippen LogP contribution in [0.3, 0.4) is 0 Å². The van der Waals surface area contributed by atoms with Crippen molar-refractivity contribution in [3.8, 4) is 5.75 Å². The van der Waals surface area contributed by atoms with Crippen LogP contribution in [0.5, 0.6) is 5.75 Å². The summed E-state index contributed by atoms with van der Waals surface area (Å²) in [6, 6.07) is 11.2. The second-order valence-electron chi connectivity index (χ2n) is 8.64. The molecule has 1 amide bonds. The number of ether oxygens (including phenoxy) is 1. The van der Waals surface area contributed by atoms with E-state index in [0.717, 1.165) is 63.4 Å². The number of benzene rings is 2. The second kappa shape index (κ2) is 8.67. The minimum atomic E-state index is -0.326. The van der Waals surface area contributed by atoms with E-state index < -0.39 is 0 Å². The molecule has 0 spiro atoms. The van der Waals surface area contributed by atoms with E-state index in [1.807, 2.05) is 12.1 Å². The Kier molecular flexibility index (Phi) is 5.76. The highest BCUT2D eigenvalue weighted by atomic mass is 35.5. The summed E-state index contributed by atoms with van der Waals surface area (Å²) < 4.78 is 20.1. The van der Waals surface area contributed by atoms with Gasteiger partial charge in [-0.3, -0.25) is 9.69 Å². The molecule has 2 heterocycles. The Labute approximate surface area is 187 Å². The molecule has 7 heteroatoms. The smallest absolute Gasteiger partial charge is 0.228 e. The lowest BCUT2D eigenvalue weighted by atomic mass is 10.0. The summed E-state index contributed by atoms with van der Waals surface area (Å²) in [5.41, 5.74) is 2.75. The molecule has 1 N–H and O–H groups in total. The minimum Gasteiger partial charge on any atom is -0.494 e. The third-order valence-electron chi connectivity index (χ3n) is 6.59. The van der Waals surface area contributed by atoms with Gasteiger partial charge in [0.25, 0.3) is 0 Å². The maximum Gasteiger partial charge on any atom is 0.228 e. The van der Waals surface area contributed by atoms with Gasteiger partial charge in [0.1, 0.15) is 5.75 Å². The molecule has 0 aromatic heterocycles. The Bertz CT molecular complexity index is 977. The van der Waals surface area contributed by atoms with Crippen LogP contribution < -0.4 is 15.0 Å². The zero-order valence-electron chi connectivity index (χ0n) is 17.4. The van der Waals surface area contributed by atoms with Gasteiger partial charge >= 0.3 is 0 Å². The number of hydrogen-bond donors (Lipinski definition) is 1. The molecule has 2 aliphatic heterocycles. The molecule has 3 aliphatic rings. The van der Waals surface area contributed by atoms with Crippen LogP contribution in [0.2, 0.25) is 5.02 Å². The van der Waals surface area contributed by atoms with E-state index in [0.29, 0.717) is 18.2 Å². The number of hydrogen-bond acceptors (Lipinski definition) is 4. The first-order valence-electron chi connectivity index (χ1n) is 11.1. The number of rotatable bonds is 7. The number of halogens is 2. The highest BCUT2D eigenvalue weighted by Crippen LogP contribution is 2.53. The maximum absolute atomic E-state index is 14.2. The topological polar surface area (TPSA) is 44.8 Å². The lowest BCUT2D eigenvalue weighted by molar-refractivity contribution is -0.117. The normalized spacial score (nSPS) is 22.5. The van der Waals surface area contributed by atoms with Gasteiger partial charge in [0.2, 0.25) is 5.91 Å². The third kappa shape index (κ3) is 4.37. The van der Waals surface area contributed by atoms with Crippen molar-refractivity contribution in [2.24, 2.45) is 5.92 Å². The molecular weight excluding hydrogens is 417 g/mol. The Balaban J connectivity index is 1.02. The molecule has 2 aromatic carbocycles. The average Bonchev–Trinajstić information content (AvgIpc) is 3.58. The summed E-state index contributed by atoms with van der Waals surface area (Å²) in [5, 5.41) is 3.18. The van der Waals surface area contributed by atoms with E-state index in [1.165, 1.54) is 5.56 Å². The Morgan fingerprint density at radius 1 is 1.10 bits per heavy atom. The molecule has 0 bridgehead atoms. The molecular formula is C24H27ClFN3O2. The van der Waals surface area contributed by atoms with Gasteiger partial charge in [-0.15, -0.1) is 0 Å². The van der Waals surface area contributed by atoms with Gasteiger partial charge < -0.3 is 15.0 Å². The summed E-state index contributed by atoms with van der Waals surface area (Å²) in [6.07, 6.45) is 3.00. The van der Waals surface area contributed by atoms with Gasteiger partial charge in [0.15, 0.2) is 5.82 Å². The largest absolute Gasteiger partial charge is 0.494 e. The number of amides is 1. The van der Waals surface area contributed by atoms with Crippen LogP contribution in [-0.2, 0) is 4.79 Å². The molecule has 2 unspecified atom stereocenters. The fourth-order valence-electron chi connectivity index (χ4n) is 4.69. The van der Waals surface area contributed by atoms with Crippen molar-refractivity contribution in [1.29, 1.82) is 0 Å². The van der Waals surface area contributed by atoms with Crippen molar-refractivity contribution in [2.45, 2.75) is 25.2 Å². The highest BCUT2D eigenvalue weighted by Gasteiger charge is 2.48. The number of carbonyl (C=O) groups is 1. The fraction of sp³-hybridized carbons (Fsp3) is 0.458. The molecule has 31 heavy (non-hydrogen) atoms. The predicted molar refractivity (Wildman–Crippen MR) is 121 cm³/mol. The summed E-state index contributed by atoms with van der Waals surface area (Å²) >= 11 is 5.91. The van der Waals surface area contributed by atoms with E-state index in [9.17, 15) is 9.18 Å². The quantitative estimate of drug-likeness (QED) is 0.639. The van der Waals surface area contributed by atoms with Crippen molar-refractivity contribution in [1.82, 2.24) is 4.90 Å². The van der Waals surface area contributed by atoms with E-state index in [2.05, 4.69) is 21.2 Å². The van der Waals surface area contributed by atoms with Gasteiger partial charge in [-0.1, -0.05) is 23.7 Å². The summed E-state index contributed by atoms with van der Waals surface area (Å²) in [4.78, 5) is 16.4. The first-order chi connectivity index (χ1) is 15.1. The third-order valence-corrected chi connectivity index (χ3v) is 6.88. The maximum atomic E-state index is 14.2. The summed E-state index contributed by atoms with van der Waals surface area (Å²) in [7, 11) is 0. The first kappa shape index (κ1) is 20.6. The SMILES string of the molecule is O=C1Nc2cc(OCCCCN3CCN(c4cccc(Cl)c4F)CC3)ccc2C2CC12. The van der Waals surface area contributed by atoms with E-state index in [-0.39, 0.29) is 22.7 Å². The number of carbonyl (C=O) groups excluding carboxylic acids is 1. The number of nitrogens with one attached hydrogen (secondary N) is 1. The van der Waals surface area contributed by atoms with Gasteiger partial charge in [-0.2, -0.15) is 0 Å². The van der Waals surface area contributed by atoms with E-state index in [4.69, 9.17) is 16.3 Å². The summed E-state index contributed by atoms with van der Waals surface area (Å²) in [5.74, 6) is 1.23. The lowest BCUT2D eigenvalue weighted by Crippen LogP contribution is -2.47. The van der Waals surface area contributed by atoms with Gasteiger partial charge in [0.05, 0.1) is 17.3 Å². The van der Waals surface area contributed by atoms with Crippen LogP contribution in [0.1, 0.15) is 30.7 Å². The zero-order valence-corrected chi connectivity index (χ0v) is 18.2. The van der Waals surface area contributed by atoms with Crippen molar-refractivity contribution in [2.75, 3.05) is 49.5 Å². The average molecular weight is 444 g/mol. The number of anilines is 2. The van der Waals surface area contributed by atoms with Crippen LogP contribution in [-0.4, -0.2) is 50.1 Å². The number of unbranched alkanes of at least 4 members (excludes halogenated alkanes) is 1. The molecule has 1 aliphatic carbocycles. The molecule has 1 saturated heterocycles. The molecule has 5 nitrogen and oxygen atoms in total. The van der Waals surface area contributed by atoms with E-state index >= 15 is 0 Å². The number of nitrogens with zero attached hydrogens (tertiary/aromatic N) is 2. The van der Waals surface area contributed by atoms with Crippen LogP contribution in [0.4, 0.5) is 15.8 Å². The standard InChI is InChI=1S/C24H27ClFN3O2/c25-20-4-3-5-22(23(20)26)29-11-9-28(10-12-29)8-1-2-13-31-16-6-7-17-18-15-19(18)24(30)27-21(17)14-16/h3-7,14,18-19H,1-2,8-13,15H2,(H,27,30).